The van der Waals surface area contributed by atoms with E-state index in [1.54, 1.807) is 7.05 Å². The highest BCUT2D eigenvalue weighted by molar-refractivity contribution is 7.18. The lowest BCUT2D eigenvalue weighted by Crippen LogP contribution is -2.46. The maximum atomic E-state index is 12.8. The van der Waals surface area contributed by atoms with E-state index >= 15 is 0 Å². The van der Waals surface area contributed by atoms with Crippen molar-refractivity contribution in [2.45, 2.75) is 32.7 Å². The van der Waals surface area contributed by atoms with E-state index in [0.717, 1.165) is 16.0 Å². The van der Waals surface area contributed by atoms with Crippen LogP contribution in [0.5, 0.6) is 5.75 Å². The van der Waals surface area contributed by atoms with Crippen LogP contribution in [0.3, 0.4) is 0 Å². The van der Waals surface area contributed by atoms with Gasteiger partial charge in [-0.15, -0.1) is 24.5 Å². The zero-order chi connectivity index (χ0) is 23.9. The number of halogens is 3. The van der Waals surface area contributed by atoms with E-state index in [1.807, 2.05) is 18.7 Å². The van der Waals surface area contributed by atoms with Crippen molar-refractivity contribution in [3.05, 3.63) is 39.3 Å². The summed E-state index contributed by atoms with van der Waals surface area (Å²) < 4.78 is 42.3. The molecule has 2 atom stereocenters. The van der Waals surface area contributed by atoms with Crippen molar-refractivity contribution in [1.29, 1.82) is 5.26 Å². The van der Waals surface area contributed by atoms with Crippen LogP contribution in [0, 0.1) is 24.2 Å². The Morgan fingerprint density at radius 2 is 2.12 bits per heavy atom. The van der Waals surface area contributed by atoms with Crippen LogP contribution in [0.15, 0.2) is 23.1 Å². The van der Waals surface area contributed by atoms with Gasteiger partial charge in [-0.1, -0.05) is 6.92 Å². The number of fused-ring (bicyclic) bond motifs is 1. The van der Waals surface area contributed by atoms with E-state index in [2.05, 4.69) is 26.1 Å². The van der Waals surface area contributed by atoms with E-state index < -0.39 is 6.36 Å². The molecule has 0 radical (unpaired) electrons. The number of nitrogens with one attached hydrogen (secondary N) is 1. The number of alkyl halides is 3. The van der Waals surface area contributed by atoms with Gasteiger partial charge >= 0.3 is 6.36 Å². The fraction of sp³-hybridized carbons (Fsp3) is 0.429. The molecule has 1 aliphatic rings. The summed E-state index contributed by atoms with van der Waals surface area (Å²) in [7, 11) is 1.64. The summed E-state index contributed by atoms with van der Waals surface area (Å²) >= 11 is 1.41. The Labute approximate surface area is 191 Å². The van der Waals surface area contributed by atoms with Gasteiger partial charge in [0.2, 0.25) is 0 Å². The third-order valence-corrected chi connectivity index (χ3v) is 6.68. The predicted molar refractivity (Wildman–Crippen MR) is 119 cm³/mol. The molecule has 1 N–H and O–H groups in total. The first-order valence-electron chi connectivity index (χ1n) is 10.2. The molecule has 1 aliphatic heterocycles. The molecule has 4 rings (SSSR count). The van der Waals surface area contributed by atoms with Gasteiger partial charge in [0, 0.05) is 26.2 Å². The number of piperidine rings is 1. The Kier molecular flexibility index (Phi) is 5.92. The molecular formula is C21H21F3N6O2S. The Bertz CT molecular complexity index is 1280. The van der Waals surface area contributed by atoms with E-state index in [9.17, 15) is 23.2 Å². The number of anilines is 2. The Hall–Kier alpha value is -3.33. The minimum atomic E-state index is -4.76. The second-order valence-electron chi connectivity index (χ2n) is 7.98. The molecule has 3 aromatic heterocycles. The number of hydrogen-bond donors (Lipinski definition) is 1. The number of aryl methyl sites for hydroxylation is 2. The molecule has 1 fully saturated rings. The monoisotopic (exact) mass is 478 g/mol. The topological polar surface area (TPSA) is 96.1 Å². The Morgan fingerprint density at radius 1 is 1.36 bits per heavy atom. The highest BCUT2D eigenvalue weighted by atomic mass is 32.1. The molecule has 0 spiro atoms. The molecule has 33 heavy (non-hydrogen) atoms. The van der Waals surface area contributed by atoms with E-state index in [1.165, 1.54) is 28.0 Å². The molecule has 4 heterocycles. The maximum absolute atomic E-state index is 12.8. The zero-order valence-corrected chi connectivity index (χ0v) is 18.9. The second kappa shape index (κ2) is 8.55. The van der Waals surface area contributed by atoms with Gasteiger partial charge in [-0.25, -0.2) is 9.97 Å². The smallest absolute Gasteiger partial charge is 0.404 e. The van der Waals surface area contributed by atoms with Crippen molar-refractivity contribution in [2.24, 2.45) is 13.0 Å². The van der Waals surface area contributed by atoms with Gasteiger partial charge < -0.3 is 19.5 Å². The predicted octanol–water partition coefficient (Wildman–Crippen LogP) is 3.80. The number of thiazole rings is 1. The van der Waals surface area contributed by atoms with Crippen LogP contribution in [-0.4, -0.2) is 40.0 Å². The van der Waals surface area contributed by atoms with Gasteiger partial charge in [0.15, 0.2) is 0 Å². The quantitative estimate of drug-likeness (QED) is 0.609. The van der Waals surface area contributed by atoms with Gasteiger partial charge in [-0.3, -0.25) is 4.79 Å². The SMILES string of the molecule is Cc1nc2c(N3CC[C@@H](Nc4ccc(OC(F)(F)F)cn4)[C@@H](C)C3)c(C#N)c(=O)n(C)c2s1. The molecule has 0 aliphatic carbocycles. The van der Waals surface area contributed by atoms with E-state index in [4.69, 9.17) is 0 Å². The number of nitriles is 1. The van der Waals surface area contributed by atoms with Gasteiger partial charge in [0.1, 0.15) is 33.5 Å². The van der Waals surface area contributed by atoms with Crippen LogP contribution in [0.4, 0.5) is 24.7 Å². The average molecular weight is 479 g/mol. The Balaban J connectivity index is 1.54. The highest BCUT2D eigenvalue weighted by Crippen LogP contribution is 2.34. The van der Waals surface area contributed by atoms with Crippen LogP contribution in [0.2, 0.25) is 0 Å². The van der Waals surface area contributed by atoms with Crippen LogP contribution in [0.1, 0.15) is 23.9 Å². The summed E-state index contributed by atoms with van der Waals surface area (Å²) in [4.78, 5) is 24.1. The maximum Gasteiger partial charge on any atom is 0.573 e. The summed E-state index contributed by atoms with van der Waals surface area (Å²) in [6, 6.07) is 4.72. The molecule has 0 unspecified atom stereocenters. The molecule has 0 bridgehead atoms. The largest absolute Gasteiger partial charge is 0.573 e. The minimum absolute atomic E-state index is 0.00729. The third kappa shape index (κ3) is 4.59. The summed E-state index contributed by atoms with van der Waals surface area (Å²) in [6.45, 7) is 5.04. The van der Waals surface area contributed by atoms with Crippen LogP contribution in [-0.2, 0) is 7.05 Å². The van der Waals surface area contributed by atoms with Crippen LogP contribution in [0.25, 0.3) is 10.3 Å². The lowest BCUT2D eigenvalue weighted by molar-refractivity contribution is -0.274. The van der Waals surface area contributed by atoms with Gasteiger partial charge in [0.25, 0.3) is 5.56 Å². The van der Waals surface area contributed by atoms with Crippen molar-refractivity contribution in [2.75, 3.05) is 23.3 Å². The van der Waals surface area contributed by atoms with Gasteiger partial charge in [-0.2, -0.15) is 5.26 Å². The number of pyridine rings is 2. The van der Waals surface area contributed by atoms with Crippen molar-refractivity contribution < 1.29 is 17.9 Å². The van der Waals surface area contributed by atoms with E-state index in [-0.39, 0.29) is 28.8 Å². The Morgan fingerprint density at radius 3 is 2.73 bits per heavy atom. The molecular weight excluding hydrogens is 457 g/mol. The standard InChI is InChI=1S/C21H21F3N6O2S/c1-11-10-30(18-14(8-25)19(31)29(3)20-17(18)27-12(2)33-20)7-6-15(11)28-16-5-4-13(9-26-16)32-21(22,23)24/h4-5,9,11,15H,6-7,10H2,1-3H3,(H,26,28)/t11-,15+/m0/s1. The number of ether oxygens (including phenoxy) is 1. The number of hydrogen-bond acceptors (Lipinski definition) is 8. The van der Waals surface area contributed by atoms with E-state index in [0.29, 0.717) is 36.5 Å². The summed E-state index contributed by atoms with van der Waals surface area (Å²) in [5.74, 6) is 0.156. The number of nitrogens with zero attached hydrogens (tertiary/aromatic N) is 5. The normalized spacial score (nSPS) is 18.9. The molecule has 174 valence electrons. The summed E-state index contributed by atoms with van der Waals surface area (Å²) in [5, 5.41) is 13.8. The molecule has 1 saturated heterocycles. The molecule has 0 saturated carbocycles. The molecule has 0 amide bonds. The lowest BCUT2D eigenvalue weighted by atomic mass is 9.93. The van der Waals surface area contributed by atoms with Crippen molar-refractivity contribution in [3.63, 3.8) is 0 Å². The van der Waals surface area contributed by atoms with Crippen molar-refractivity contribution in [1.82, 2.24) is 14.5 Å². The number of rotatable bonds is 4. The second-order valence-corrected chi connectivity index (χ2v) is 9.16. The fourth-order valence-electron chi connectivity index (χ4n) is 4.10. The minimum Gasteiger partial charge on any atom is -0.404 e. The number of aromatic nitrogens is 3. The highest BCUT2D eigenvalue weighted by Gasteiger charge is 2.32. The summed E-state index contributed by atoms with van der Waals surface area (Å²) in [6.07, 6.45) is -3.07. The average Bonchev–Trinajstić information content (AvgIpc) is 3.13. The third-order valence-electron chi connectivity index (χ3n) is 5.64. The fourth-order valence-corrected chi connectivity index (χ4v) is 4.97. The zero-order valence-electron chi connectivity index (χ0n) is 18.1. The first-order valence-corrected chi connectivity index (χ1v) is 11.0. The molecule has 0 aromatic carbocycles. The van der Waals surface area contributed by atoms with Crippen LogP contribution >= 0.6 is 11.3 Å². The van der Waals surface area contributed by atoms with Crippen molar-refractivity contribution in [3.8, 4) is 11.8 Å². The van der Waals surface area contributed by atoms with Gasteiger partial charge in [0.05, 0.1) is 16.9 Å². The first kappa shape index (κ1) is 22.8. The van der Waals surface area contributed by atoms with Gasteiger partial charge in [-0.05, 0) is 31.4 Å². The molecule has 12 heteroatoms. The first-order chi connectivity index (χ1) is 15.6. The lowest BCUT2D eigenvalue weighted by Gasteiger charge is -2.39. The summed E-state index contributed by atoms with van der Waals surface area (Å²) in [5.41, 5.74) is 0.950. The molecule has 8 nitrogen and oxygen atoms in total. The van der Waals surface area contributed by atoms with Crippen LogP contribution < -0.4 is 20.5 Å². The van der Waals surface area contributed by atoms with Crippen molar-refractivity contribution >= 4 is 33.2 Å². The molecule has 3 aromatic rings.